The molecule has 2 N–H and O–H groups in total. The second kappa shape index (κ2) is 36.0. The van der Waals surface area contributed by atoms with Crippen LogP contribution in [-0.4, -0.2) is 41.0 Å². The van der Waals surface area contributed by atoms with Crippen molar-refractivity contribution < 1.29 is 37.9 Å². The van der Waals surface area contributed by atoms with Gasteiger partial charge < -0.3 is 19.3 Å². The molecule has 284 valence electrons. The van der Waals surface area contributed by atoms with E-state index in [1.807, 2.05) is 42.5 Å². The molecule has 0 aliphatic carbocycles. The molecule has 0 bridgehead atoms. The lowest BCUT2D eigenvalue weighted by Crippen LogP contribution is -2.29. The predicted octanol–water partition coefficient (Wildman–Crippen LogP) is 11.3. The van der Waals surface area contributed by atoms with Gasteiger partial charge in [-0.1, -0.05) is 150 Å². The quantitative estimate of drug-likeness (QED) is 0.0226. The van der Waals surface area contributed by atoms with E-state index in [2.05, 4.69) is 60.9 Å². The summed E-state index contributed by atoms with van der Waals surface area (Å²) in [6.45, 7) is 3.45. The Kier molecular flexibility index (Phi) is 34.0. The fourth-order valence-corrected chi connectivity index (χ4v) is 5.05. The van der Waals surface area contributed by atoms with E-state index in [1.54, 1.807) is 0 Å². The van der Waals surface area contributed by atoms with Gasteiger partial charge in [0, 0.05) is 12.8 Å². The zero-order chi connectivity index (χ0) is 36.8. The molecule has 0 radical (unpaired) electrons. The minimum absolute atomic E-state index is 0.170. The van der Waals surface area contributed by atoms with E-state index in [0.717, 1.165) is 64.2 Å². The van der Waals surface area contributed by atoms with Gasteiger partial charge in [-0.05, 0) is 64.2 Å². The van der Waals surface area contributed by atoms with E-state index < -0.39 is 32.5 Å². The highest BCUT2D eigenvalue weighted by atomic mass is 31.2. The maximum absolute atomic E-state index is 12.4. The number of carbonyl (C=O) groups is 2. The van der Waals surface area contributed by atoms with Gasteiger partial charge >= 0.3 is 19.8 Å². The molecular weight excluding hydrogens is 651 g/mol. The number of esters is 2. The average Bonchev–Trinajstić information content (AvgIpc) is 3.08. The zero-order valence-corrected chi connectivity index (χ0v) is 31.9. The first-order valence-electron chi connectivity index (χ1n) is 18.9. The standard InChI is InChI=1S/C41H67O8P/c1-3-5-7-9-11-13-15-17-19-20-22-23-25-27-29-31-33-35-40(42)47-37-39(38-48-50(44,45)46)49-41(43)36-34-32-30-28-26-24-21-18-16-14-12-10-8-6-4-2/h6,8,10,12,14,16-19,21-23,27,29,39H,3-5,7,9,11,13,15,20,24-26,28,30-38H2,1-2H3,(H2,44,45,46)/b8-6+,12-10+,16-14+,19-17+,21-18+,23-22+,29-27+/t39-/m1/s1. The number of ether oxygens (including phenoxy) is 2. The van der Waals surface area contributed by atoms with Gasteiger partial charge in [-0.25, -0.2) is 4.57 Å². The van der Waals surface area contributed by atoms with Crippen LogP contribution in [0.1, 0.15) is 142 Å². The lowest BCUT2D eigenvalue weighted by molar-refractivity contribution is -0.161. The summed E-state index contributed by atoms with van der Waals surface area (Å²) in [6, 6.07) is 0. The largest absolute Gasteiger partial charge is 0.469 e. The van der Waals surface area contributed by atoms with Crippen LogP contribution in [0.2, 0.25) is 0 Å². The van der Waals surface area contributed by atoms with Crippen molar-refractivity contribution in [3.8, 4) is 0 Å². The molecule has 0 fully saturated rings. The Bertz CT molecular complexity index is 1080. The molecule has 0 rings (SSSR count). The fourth-order valence-electron chi connectivity index (χ4n) is 4.69. The summed E-state index contributed by atoms with van der Waals surface area (Å²) in [7, 11) is -4.77. The highest BCUT2D eigenvalue weighted by Crippen LogP contribution is 2.35. The Balaban J connectivity index is 4.12. The van der Waals surface area contributed by atoms with E-state index in [4.69, 9.17) is 19.3 Å². The molecular formula is C41H67O8P. The molecule has 0 aromatic heterocycles. The van der Waals surface area contributed by atoms with Crippen LogP contribution in [0.5, 0.6) is 0 Å². The number of phosphoric acid groups is 1. The molecule has 0 aliphatic rings. The number of unbranched alkanes of at least 4 members (excludes halogenated alkanes) is 12. The minimum atomic E-state index is -4.77. The van der Waals surface area contributed by atoms with Crippen molar-refractivity contribution in [2.45, 2.75) is 148 Å². The van der Waals surface area contributed by atoms with Crippen molar-refractivity contribution in [1.29, 1.82) is 0 Å². The van der Waals surface area contributed by atoms with Crippen LogP contribution in [-0.2, 0) is 28.2 Å². The summed E-state index contributed by atoms with van der Waals surface area (Å²) in [4.78, 5) is 42.7. The number of rotatable bonds is 33. The van der Waals surface area contributed by atoms with Crippen molar-refractivity contribution in [2.75, 3.05) is 13.2 Å². The molecule has 50 heavy (non-hydrogen) atoms. The monoisotopic (exact) mass is 718 g/mol. The maximum Gasteiger partial charge on any atom is 0.469 e. The smallest absolute Gasteiger partial charge is 0.462 e. The average molecular weight is 719 g/mol. The molecule has 0 aromatic rings. The van der Waals surface area contributed by atoms with E-state index in [-0.39, 0.29) is 19.4 Å². The number of hydrogen-bond acceptors (Lipinski definition) is 6. The van der Waals surface area contributed by atoms with Gasteiger partial charge in [0.25, 0.3) is 0 Å². The van der Waals surface area contributed by atoms with E-state index >= 15 is 0 Å². The zero-order valence-electron chi connectivity index (χ0n) is 31.0. The first-order valence-corrected chi connectivity index (χ1v) is 20.5. The lowest BCUT2D eigenvalue weighted by Gasteiger charge is -2.18. The Morgan fingerprint density at radius 1 is 0.560 bits per heavy atom. The molecule has 9 heteroatoms. The van der Waals surface area contributed by atoms with Crippen LogP contribution >= 0.6 is 7.82 Å². The molecule has 0 aliphatic heterocycles. The van der Waals surface area contributed by atoms with Crippen LogP contribution in [0.15, 0.2) is 85.1 Å². The van der Waals surface area contributed by atoms with Crippen LogP contribution in [0.25, 0.3) is 0 Å². The van der Waals surface area contributed by atoms with Crippen molar-refractivity contribution >= 4 is 19.8 Å². The second-order valence-electron chi connectivity index (χ2n) is 12.3. The first kappa shape index (κ1) is 47.2. The Hall–Kier alpha value is -2.77. The first-order chi connectivity index (χ1) is 24.3. The molecule has 0 heterocycles. The molecule has 1 atom stereocenters. The summed E-state index contributed by atoms with van der Waals surface area (Å²) in [5, 5.41) is 0. The van der Waals surface area contributed by atoms with Crippen LogP contribution in [0.3, 0.4) is 0 Å². The van der Waals surface area contributed by atoms with Crippen LogP contribution in [0.4, 0.5) is 0 Å². The Morgan fingerprint density at radius 2 is 1.06 bits per heavy atom. The molecule has 8 nitrogen and oxygen atoms in total. The van der Waals surface area contributed by atoms with Gasteiger partial charge in [-0.15, -0.1) is 0 Å². The minimum Gasteiger partial charge on any atom is -0.462 e. The summed E-state index contributed by atoms with van der Waals surface area (Å²) in [5.41, 5.74) is 0. The Labute approximate surface area is 303 Å². The van der Waals surface area contributed by atoms with Gasteiger partial charge in [-0.3, -0.25) is 14.1 Å². The molecule has 0 unspecified atom stereocenters. The third-order valence-corrected chi connectivity index (χ3v) is 7.98. The Morgan fingerprint density at radius 3 is 1.68 bits per heavy atom. The van der Waals surface area contributed by atoms with Crippen molar-refractivity contribution in [3.63, 3.8) is 0 Å². The summed E-state index contributed by atoms with van der Waals surface area (Å²) >= 11 is 0. The normalized spacial score (nSPS) is 13.4. The van der Waals surface area contributed by atoms with Gasteiger partial charge in [0.15, 0.2) is 6.10 Å². The van der Waals surface area contributed by atoms with Crippen molar-refractivity contribution in [3.05, 3.63) is 85.1 Å². The molecule has 0 spiro atoms. The van der Waals surface area contributed by atoms with Crippen LogP contribution in [0, 0.1) is 0 Å². The summed E-state index contributed by atoms with van der Waals surface area (Å²) < 4.78 is 26.2. The number of carbonyl (C=O) groups excluding carboxylic acids is 2. The molecule has 0 amide bonds. The third kappa shape index (κ3) is 38.0. The van der Waals surface area contributed by atoms with Gasteiger partial charge in [-0.2, -0.15) is 0 Å². The van der Waals surface area contributed by atoms with E-state index in [0.29, 0.717) is 12.8 Å². The van der Waals surface area contributed by atoms with E-state index in [9.17, 15) is 14.2 Å². The molecule has 0 saturated carbocycles. The molecule has 0 aromatic carbocycles. The number of hydrogen-bond donors (Lipinski definition) is 2. The SMILES string of the molecule is CC/C=C/C=C/C=C/C=C/CCCCCCCC(=O)O[C@H](COC(=O)CCC/C=C/C/C=C/C/C=C/CCCCCCCC)COP(=O)(O)O. The number of phosphoric ester groups is 1. The summed E-state index contributed by atoms with van der Waals surface area (Å²) in [5.74, 6) is -0.983. The number of allylic oxidation sites excluding steroid dienone is 14. The van der Waals surface area contributed by atoms with Crippen molar-refractivity contribution in [1.82, 2.24) is 0 Å². The van der Waals surface area contributed by atoms with Gasteiger partial charge in [0.2, 0.25) is 0 Å². The maximum atomic E-state index is 12.4. The molecule has 0 saturated heterocycles. The van der Waals surface area contributed by atoms with Gasteiger partial charge in [0.1, 0.15) is 6.61 Å². The highest BCUT2D eigenvalue weighted by molar-refractivity contribution is 7.46. The summed E-state index contributed by atoms with van der Waals surface area (Å²) in [6.07, 6.45) is 47.4. The fraction of sp³-hybridized carbons (Fsp3) is 0.610. The topological polar surface area (TPSA) is 119 Å². The van der Waals surface area contributed by atoms with Gasteiger partial charge in [0.05, 0.1) is 6.61 Å². The van der Waals surface area contributed by atoms with Crippen LogP contribution < -0.4 is 0 Å². The predicted molar refractivity (Wildman–Crippen MR) is 207 cm³/mol. The lowest BCUT2D eigenvalue weighted by atomic mass is 10.1. The highest BCUT2D eigenvalue weighted by Gasteiger charge is 2.22. The van der Waals surface area contributed by atoms with Crippen molar-refractivity contribution in [2.24, 2.45) is 0 Å². The third-order valence-electron chi connectivity index (χ3n) is 7.49. The second-order valence-corrected chi connectivity index (χ2v) is 13.5. The van der Waals surface area contributed by atoms with E-state index in [1.165, 1.54) is 38.5 Å².